The van der Waals surface area contributed by atoms with Gasteiger partial charge in [0.05, 0.1) is 5.88 Å². The predicted octanol–water partition coefficient (Wildman–Crippen LogP) is 3.74. The smallest absolute Gasteiger partial charge is 0.150 e. The third-order valence-electron chi connectivity index (χ3n) is 1.74. The van der Waals surface area contributed by atoms with Gasteiger partial charge in [0, 0.05) is 10.6 Å². The van der Waals surface area contributed by atoms with Gasteiger partial charge in [-0.15, -0.1) is 21.8 Å². The quantitative estimate of drug-likeness (QED) is 0.771. The summed E-state index contributed by atoms with van der Waals surface area (Å²) in [6.45, 7) is 0. The Morgan fingerprint density at radius 3 is 2.73 bits per heavy atom. The first-order valence-electron chi connectivity index (χ1n) is 4.04. The average molecular weight is 263 g/mol. The summed E-state index contributed by atoms with van der Waals surface area (Å²) < 4.78 is 13.5. The van der Waals surface area contributed by atoms with Crippen molar-refractivity contribution < 1.29 is 4.39 Å². The highest BCUT2D eigenvalue weighted by atomic mass is 35.5. The Morgan fingerprint density at radius 2 is 2.13 bits per heavy atom. The van der Waals surface area contributed by atoms with E-state index in [9.17, 15) is 4.39 Å². The molecule has 0 aliphatic carbocycles. The molecule has 0 atom stereocenters. The van der Waals surface area contributed by atoms with E-state index in [0.717, 1.165) is 0 Å². The third kappa shape index (κ3) is 2.27. The normalized spacial score (nSPS) is 10.6. The van der Waals surface area contributed by atoms with Crippen molar-refractivity contribution in [1.82, 2.24) is 10.2 Å². The zero-order chi connectivity index (χ0) is 10.8. The number of aromatic nitrogens is 2. The molecule has 0 aliphatic rings. The molecule has 2 aromatic rings. The van der Waals surface area contributed by atoms with E-state index in [0.29, 0.717) is 20.6 Å². The maximum absolute atomic E-state index is 13.5. The van der Waals surface area contributed by atoms with Crippen molar-refractivity contribution >= 4 is 34.5 Å². The van der Waals surface area contributed by atoms with Gasteiger partial charge in [-0.25, -0.2) is 4.39 Å². The Bertz CT molecular complexity index is 487. The summed E-state index contributed by atoms with van der Waals surface area (Å²) in [5.74, 6) is -0.118. The highest BCUT2D eigenvalue weighted by molar-refractivity contribution is 7.14. The van der Waals surface area contributed by atoms with Crippen molar-refractivity contribution in [2.24, 2.45) is 0 Å². The van der Waals surface area contributed by atoms with E-state index < -0.39 is 5.82 Å². The van der Waals surface area contributed by atoms with Crippen molar-refractivity contribution in [3.8, 4) is 10.6 Å². The lowest BCUT2D eigenvalue weighted by Gasteiger charge is -1.97. The Kier molecular flexibility index (Phi) is 3.19. The molecule has 2 nitrogen and oxygen atoms in total. The molecular formula is C9H5Cl2FN2S. The molecule has 0 bridgehead atoms. The molecule has 0 N–H and O–H groups in total. The van der Waals surface area contributed by atoms with Crippen LogP contribution in [0.25, 0.3) is 10.6 Å². The molecule has 6 heteroatoms. The van der Waals surface area contributed by atoms with Gasteiger partial charge < -0.3 is 0 Å². The second-order valence-corrected chi connectivity index (χ2v) is 4.52. The van der Waals surface area contributed by atoms with Gasteiger partial charge >= 0.3 is 0 Å². The molecule has 0 unspecified atom stereocenters. The van der Waals surface area contributed by atoms with Crippen molar-refractivity contribution in [3.63, 3.8) is 0 Å². The fraction of sp³-hybridized carbons (Fsp3) is 0.111. The molecule has 1 heterocycles. The summed E-state index contributed by atoms with van der Waals surface area (Å²) in [4.78, 5) is 0. The van der Waals surface area contributed by atoms with Crippen LogP contribution in [0.4, 0.5) is 4.39 Å². The van der Waals surface area contributed by atoms with E-state index in [2.05, 4.69) is 10.2 Å². The van der Waals surface area contributed by atoms with Crippen LogP contribution >= 0.6 is 34.5 Å². The molecular weight excluding hydrogens is 258 g/mol. The van der Waals surface area contributed by atoms with E-state index in [1.807, 2.05) is 0 Å². The Labute approximate surface area is 99.7 Å². The second-order valence-electron chi connectivity index (χ2n) is 2.76. The van der Waals surface area contributed by atoms with Crippen LogP contribution in [0.1, 0.15) is 5.01 Å². The summed E-state index contributed by atoms with van der Waals surface area (Å²) >= 11 is 12.5. The third-order valence-corrected chi connectivity index (χ3v) is 3.35. The fourth-order valence-electron chi connectivity index (χ4n) is 1.08. The lowest BCUT2D eigenvalue weighted by Crippen LogP contribution is -1.83. The van der Waals surface area contributed by atoms with Crippen LogP contribution in [0.3, 0.4) is 0 Å². The summed E-state index contributed by atoms with van der Waals surface area (Å²) in [6.07, 6.45) is 0. The van der Waals surface area contributed by atoms with Crippen LogP contribution in [0, 0.1) is 5.82 Å². The number of hydrogen-bond acceptors (Lipinski definition) is 3. The standard InChI is InChI=1S/C9H5Cl2FN2S/c10-4-8-13-14-9(15-8)6-2-1-5(11)3-7(6)12/h1-3H,4H2. The number of alkyl halides is 1. The summed E-state index contributed by atoms with van der Waals surface area (Å²) in [6, 6.07) is 4.44. The van der Waals surface area contributed by atoms with Crippen molar-refractivity contribution in [2.45, 2.75) is 5.88 Å². The van der Waals surface area contributed by atoms with Crippen LogP contribution in [0.5, 0.6) is 0 Å². The minimum absolute atomic E-state index is 0.285. The molecule has 0 saturated heterocycles. The Balaban J connectivity index is 2.44. The number of nitrogens with zero attached hydrogens (tertiary/aromatic N) is 2. The number of benzene rings is 1. The molecule has 0 spiro atoms. The first-order chi connectivity index (χ1) is 7.20. The highest BCUT2D eigenvalue weighted by Crippen LogP contribution is 2.28. The van der Waals surface area contributed by atoms with Crippen molar-refractivity contribution in [2.75, 3.05) is 0 Å². The summed E-state index contributed by atoms with van der Waals surface area (Å²) in [5.41, 5.74) is 0.397. The van der Waals surface area contributed by atoms with Crippen LogP contribution in [-0.2, 0) is 5.88 Å². The van der Waals surface area contributed by atoms with Crippen molar-refractivity contribution in [1.29, 1.82) is 0 Å². The average Bonchev–Trinajstić information content (AvgIpc) is 2.66. The van der Waals surface area contributed by atoms with E-state index >= 15 is 0 Å². The van der Waals surface area contributed by atoms with Crippen molar-refractivity contribution in [3.05, 3.63) is 34.0 Å². The van der Waals surface area contributed by atoms with Gasteiger partial charge in [-0.3, -0.25) is 0 Å². The Hall–Kier alpha value is -0.710. The minimum atomic E-state index is -0.403. The monoisotopic (exact) mass is 262 g/mol. The molecule has 15 heavy (non-hydrogen) atoms. The zero-order valence-corrected chi connectivity index (χ0v) is 9.70. The van der Waals surface area contributed by atoms with Gasteiger partial charge in [0.2, 0.25) is 0 Å². The van der Waals surface area contributed by atoms with Gasteiger partial charge in [0.15, 0.2) is 5.01 Å². The molecule has 0 aliphatic heterocycles. The molecule has 0 amide bonds. The van der Waals surface area contributed by atoms with E-state index in [1.165, 1.54) is 17.4 Å². The first kappa shape index (κ1) is 10.8. The van der Waals surface area contributed by atoms with E-state index in [-0.39, 0.29) is 5.88 Å². The van der Waals surface area contributed by atoms with E-state index in [1.54, 1.807) is 12.1 Å². The lowest BCUT2D eigenvalue weighted by atomic mass is 10.2. The fourth-order valence-corrected chi connectivity index (χ4v) is 2.17. The molecule has 0 fully saturated rings. The van der Waals surface area contributed by atoms with Gasteiger partial charge in [-0.2, -0.15) is 0 Å². The Morgan fingerprint density at radius 1 is 1.33 bits per heavy atom. The van der Waals surface area contributed by atoms with Gasteiger partial charge in [-0.1, -0.05) is 22.9 Å². The van der Waals surface area contributed by atoms with Crippen LogP contribution in [0.2, 0.25) is 5.02 Å². The second kappa shape index (κ2) is 4.43. The van der Waals surface area contributed by atoms with Crippen LogP contribution in [0.15, 0.2) is 18.2 Å². The zero-order valence-electron chi connectivity index (χ0n) is 7.38. The van der Waals surface area contributed by atoms with Gasteiger partial charge in [0.25, 0.3) is 0 Å². The largest absolute Gasteiger partial charge is 0.206 e. The van der Waals surface area contributed by atoms with E-state index in [4.69, 9.17) is 23.2 Å². The first-order valence-corrected chi connectivity index (χ1v) is 5.77. The molecule has 0 saturated carbocycles. The maximum atomic E-state index is 13.5. The SMILES string of the molecule is Fc1cc(Cl)ccc1-c1nnc(CCl)s1. The van der Waals surface area contributed by atoms with Crippen LogP contribution in [-0.4, -0.2) is 10.2 Å². The molecule has 2 rings (SSSR count). The molecule has 1 aromatic carbocycles. The lowest BCUT2D eigenvalue weighted by molar-refractivity contribution is 0.631. The summed E-state index contributed by atoms with van der Waals surface area (Å²) in [7, 11) is 0. The maximum Gasteiger partial charge on any atom is 0.150 e. The molecule has 1 aromatic heterocycles. The molecule has 0 radical (unpaired) electrons. The molecule has 78 valence electrons. The summed E-state index contributed by atoms with van der Waals surface area (Å²) in [5, 5.41) is 9.20. The minimum Gasteiger partial charge on any atom is -0.206 e. The van der Waals surface area contributed by atoms with Gasteiger partial charge in [-0.05, 0) is 18.2 Å². The number of halogens is 3. The number of hydrogen-bond donors (Lipinski definition) is 0. The predicted molar refractivity (Wildman–Crippen MR) is 59.9 cm³/mol. The number of rotatable bonds is 2. The topological polar surface area (TPSA) is 25.8 Å². The van der Waals surface area contributed by atoms with Gasteiger partial charge in [0.1, 0.15) is 10.8 Å². The highest BCUT2D eigenvalue weighted by Gasteiger charge is 2.10. The van der Waals surface area contributed by atoms with Crippen LogP contribution < -0.4 is 0 Å².